The van der Waals surface area contributed by atoms with Gasteiger partial charge in [-0.3, -0.25) is 0 Å². The average Bonchev–Trinajstić information content (AvgIpc) is 2.48. The maximum absolute atomic E-state index is 13.6. The van der Waals surface area contributed by atoms with E-state index in [0.29, 0.717) is 10.0 Å². The molecule has 110 valence electrons. The predicted octanol–water partition coefficient (Wildman–Crippen LogP) is 4.72. The highest BCUT2D eigenvalue weighted by Crippen LogP contribution is 2.25. The summed E-state index contributed by atoms with van der Waals surface area (Å²) in [5.74, 6) is -0.685. The molecular weight excluding hydrogens is 407 g/mol. The Bertz CT molecular complexity index is 674. The fourth-order valence-corrected chi connectivity index (χ4v) is 2.49. The molecule has 0 fully saturated rings. The molecule has 6 heteroatoms. The van der Waals surface area contributed by atoms with Crippen molar-refractivity contribution in [3.8, 4) is 5.75 Å². The summed E-state index contributed by atoms with van der Waals surface area (Å²) in [6.07, 6.45) is 0. The van der Waals surface area contributed by atoms with Crippen LogP contribution in [0.2, 0.25) is 0 Å². The van der Waals surface area contributed by atoms with Gasteiger partial charge in [-0.1, -0.05) is 37.9 Å². The number of ether oxygens (including phenoxy) is 2. The van der Waals surface area contributed by atoms with Crippen LogP contribution in [0.1, 0.15) is 15.9 Å². The van der Waals surface area contributed by atoms with Gasteiger partial charge in [0.25, 0.3) is 0 Å². The minimum absolute atomic E-state index is 0.160. The van der Waals surface area contributed by atoms with Gasteiger partial charge in [0.2, 0.25) is 0 Å². The topological polar surface area (TPSA) is 35.5 Å². The van der Waals surface area contributed by atoms with Gasteiger partial charge < -0.3 is 9.47 Å². The molecule has 0 N–H and O–H groups in total. The van der Waals surface area contributed by atoms with Crippen LogP contribution in [0.5, 0.6) is 5.75 Å². The minimum Gasteiger partial charge on any atom is -0.486 e. The Hall–Kier alpha value is -1.40. The minimum atomic E-state index is -0.430. The first kappa shape index (κ1) is 16.0. The number of carbonyl (C=O) groups excluding carboxylic acids is 1. The zero-order valence-corrected chi connectivity index (χ0v) is 14.2. The summed E-state index contributed by atoms with van der Waals surface area (Å²) in [5.41, 5.74) is 1.23. The number of carbonyl (C=O) groups is 1. The van der Waals surface area contributed by atoms with Gasteiger partial charge in [-0.15, -0.1) is 0 Å². The quantitative estimate of drug-likeness (QED) is 0.675. The van der Waals surface area contributed by atoms with Crippen LogP contribution < -0.4 is 4.74 Å². The van der Waals surface area contributed by atoms with Crippen molar-refractivity contribution in [1.82, 2.24) is 0 Å². The smallest absolute Gasteiger partial charge is 0.337 e. The van der Waals surface area contributed by atoms with E-state index in [2.05, 4.69) is 36.6 Å². The predicted molar refractivity (Wildman–Crippen MR) is 83.9 cm³/mol. The zero-order valence-electron chi connectivity index (χ0n) is 11.0. The van der Waals surface area contributed by atoms with E-state index >= 15 is 0 Å². The summed E-state index contributed by atoms with van der Waals surface area (Å²) in [7, 11) is 1.32. The number of benzene rings is 2. The maximum Gasteiger partial charge on any atom is 0.337 e. The fourth-order valence-electron chi connectivity index (χ4n) is 1.65. The van der Waals surface area contributed by atoms with E-state index in [1.54, 1.807) is 30.3 Å². The van der Waals surface area contributed by atoms with Crippen LogP contribution in [0.3, 0.4) is 0 Å². The molecule has 3 nitrogen and oxygen atoms in total. The number of rotatable bonds is 4. The van der Waals surface area contributed by atoms with Crippen molar-refractivity contribution in [2.75, 3.05) is 7.11 Å². The Morgan fingerprint density at radius 2 is 1.95 bits per heavy atom. The van der Waals surface area contributed by atoms with Gasteiger partial charge in [0.05, 0.1) is 12.7 Å². The molecule has 0 saturated carbocycles. The van der Waals surface area contributed by atoms with Crippen LogP contribution >= 0.6 is 31.9 Å². The van der Waals surface area contributed by atoms with Crippen LogP contribution in [0.4, 0.5) is 4.39 Å². The molecule has 0 saturated heterocycles. The maximum atomic E-state index is 13.6. The van der Waals surface area contributed by atoms with Crippen molar-refractivity contribution in [3.05, 3.63) is 62.3 Å². The molecule has 2 aromatic rings. The molecule has 0 bridgehead atoms. The fraction of sp³-hybridized carbons (Fsp3) is 0.133. The second kappa shape index (κ2) is 7.04. The van der Waals surface area contributed by atoms with E-state index in [0.717, 1.165) is 10.0 Å². The SMILES string of the molecule is COC(=O)c1ccc(COc2cc(Br)ccc2F)c(Br)c1. The third-order valence-corrected chi connectivity index (χ3v) is 3.98. The standard InChI is InChI=1S/C15H11Br2FO3/c1-20-15(19)9-2-3-10(12(17)6-9)8-21-14-7-11(16)4-5-13(14)18/h2-7H,8H2,1H3. The highest BCUT2D eigenvalue weighted by molar-refractivity contribution is 9.10. The lowest BCUT2D eigenvalue weighted by atomic mass is 10.1. The summed E-state index contributed by atoms with van der Waals surface area (Å²) >= 11 is 6.62. The van der Waals surface area contributed by atoms with Crippen molar-refractivity contribution in [3.63, 3.8) is 0 Å². The van der Waals surface area contributed by atoms with Gasteiger partial charge in [-0.05, 0) is 30.3 Å². The van der Waals surface area contributed by atoms with E-state index in [1.165, 1.54) is 13.2 Å². The van der Waals surface area contributed by atoms with Crippen LogP contribution in [0, 0.1) is 5.82 Å². The lowest BCUT2D eigenvalue weighted by molar-refractivity contribution is 0.0600. The van der Waals surface area contributed by atoms with E-state index in [-0.39, 0.29) is 12.4 Å². The largest absolute Gasteiger partial charge is 0.486 e. The summed E-state index contributed by atoms with van der Waals surface area (Å²) in [6.45, 7) is 0.176. The van der Waals surface area contributed by atoms with Gasteiger partial charge >= 0.3 is 5.97 Å². The zero-order chi connectivity index (χ0) is 15.4. The molecule has 21 heavy (non-hydrogen) atoms. The summed E-state index contributed by atoms with van der Waals surface area (Å²) < 4.78 is 25.1. The number of hydrogen-bond donors (Lipinski definition) is 0. The Labute approximate surface area is 138 Å². The van der Waals surface area contributed by atoms with Crippen molar-refractivity contribution in [2.45, 2.75) is 6.61 Å². The third kappa shape index (κ3) is 4.04. The van der Waals surface area contributed by atoms with Crippen molar-refractivity contribution in [1.29, 1.82) is 0 Å². The molecule has 0 atom stereocenters. The Morgan fingerprint density at radius 1 is 1.19 bits per heavy atom. The lowest BCUT2D eigenvalue weighted by Crippen LogP contribution is -2.03. The van der Waals surface area contributed by atoms with Crippen LogP contribution in [0.25, 0.3) is 0 Å². The van der Waals surface area contributed by atoms with Gasteiger partial charge in [-0.25, -0.2) is 9.18 Å². The lowest BCUT2D eigenvalue weighted by Gasteiger charge is -2.10. The number of halogens is 3. The number of hydrogen-bond acceptors (Lipinski definition) is 3. The molecule has 0 heterocycles. The van der Waals surface area contributed by atoms with Gasteiger partial charge in [0, 0.05) is 14.5 Å². The highest BCUT2D eigenvalue weighted by atomic mass is 79.9. The first-order valence-corrected chi connectivity index (χ1v) is 7.54. The Kier molecular flexibility index (Phi) is 5.36. The molecule has 0 aliphatic carbocycles. The second-order valence-corrected chi connectivity index (χ2v) is 5.93. The van der Waals surface area contributed by atoms with Crippen LogP contribution in [-0.2, 0) is 11.3 Å². The molecule has 0 amide bonds. The van der Waals surface area contributed by atoms with E-state index in [9.17, 15) is 9.18 Å². The monoisotopic (exact) mass is 416 g/mol. The number of esters is 1. The average molecular weight is 418 g/mol. The van der Waals surface area contributed by atoms with Gasteiger partial charge in [0.1, 0.15) is 6.61 Å². The van der Waals surface area contributed by atoms with Crippen molar-refractivity contribution in [2.24, 2.45) is 0 Å². The first-order chi connectivity index (χ1) is 10.0. The number of methoxy groups -OCH3 is 1. The van der Waals surface area contributed by atoms with Crippen molar-refractivity contribution < 1.29 is 18.7 Å². The Morgan fingerprint density at radius 3 is 2.62 bits per heavy atom. The molecular formula is C15H11Br2FO3. The molecule has 0 aromatic heterocycles. The normalized spacial score (nSPS) is 10.3. The van der Waals surface area contributed by atoms with Crippen LogP contribution in [-0.4, -0.2) is 13.1 Å². The molecule has 0 radical (unpaired) electrons. The summed E-state index contributed by atoms with van der Waals surface area (Å²) in [5, 5.41) is 0. The van der Waals surface area contributed by atoms with E-state index in [1.807, 2.05) is 0 Å². The van der Waals surface area contributed by atoms with Crippen molar-refractivity contribution >= 4 is 37.8 Å². The summed E-state index contributed by atoms with van der Waals surface area (Å²) in [6, 6.07) is 9.49. The van der Waals surface area contributed by atoms with Crippen LogP contribution in [0.15, 0.2) is 45.3 Å². The van der Waals surface area contributed by atoms with Gasteiger partial charge in [-0.2, -0.15) is 0 Å². The molecule has 2 aromatic carbocycles. The molecule has 2 rings (SSSR count). The summed E-state index contributed by atoms with van der Waals surface area (Å²) in [4.78, 5) is 11.4. The third-order valence-electron chi connectivity index (χ3n) is 2.75. The molecule has 0 aliphatic heterocycles. The Balaban J connectivity index is 2.13. The van der Waals surface area contributed by atoms with E-state index in [4.69, 9.17) is 4.74 Å². The second-order valence-electron chi connectivity index (χ2n) is 4.16. The van der Waals surface area contributed by atoms with Gasteiger partial charge in [0.15, 0.2) is 11.6 Å². The molecule has 0 spiro atoms. The van der Waals surface area contributed by atoms with E-state index < -0.39 is 11.8 Å². The highest BCUT2D eigenvalue weighted by Gasteiger charge is 2.10. The molecule has 0 unspecified atom stereocenters. The first-order valence-electron chi connectivity index (χ1n) is 5.96. The molecule has 0 aliphatic rings.